The van der Waals surface area contributed by atoms with Crippen molar-refractivity contribution in [1.29, 1.82) is 0 Å². The third kappa shape index (κ3) is 2.94. The summed E-state index contributed by atoms with van der Waals surface area (Å²) >= 11 is 6.03. The van der Waals surface area contributed by atoms with E-state index in [0.29, 0.717) is 11.6 Å². The molecule has 0 amide bonds. The van der Waals surface area contributed by atoms with Crippen molar-refractivity contribution >= 4 is 11.6 Å². The van der Waals surface area contributed by atoms with E-state index in [-0.39, 0.29) is 11.9 Å². The number of nitrogens with two attached hydrogens (primary N) is 1. The van der Waals surface area contributed by atoms with Crippen molar-refractivity contribution in [3.8, 4) is 0 Å². The maximum Gasteiger partial charge on any atom is 0.123 e. The zero-order chi connectivity index (χ0) is 11.5. The van der Waals surface area contributed by atoms with Gasteiger partial charge in [-0.2, -0.15) is 0 Å². The van der Waals surface area contributed by atoms with Crippen molar-refractivity contribution in [2.45, 2.75) is 25.4 Å². The van der Waals surface area contributed by atoms with Gasteiger partial charge in [-0.15, -0.1) is 0 Å². The highest BCUT2D eigenvalue weighted by Crippen LogP contribution is 2.20. The summed E-state index contributed by atoms with van der Waals surface area (Å²) in [5, 5.41) is 0.626. The van der Waals surface area contributed by atoms with E-state index in [2.05, 4.69) is 4.90 Å². The van der Waals surface area contributed by atoms with Crippen molar-refractivity contribution in [1.82, 2.24) is 4.90 Å². The lowest BCUT2D eigenvalue weighted by Gasteiger charge is -2.30. The molecule has 2 rings (SSSR count). The molecule has 0 bridgehead atoms. The molecule has 1 aromatic rings. The Kier molecular flexibility index (Phi) is 3.79. The van der Waals surface area contributed by atoms with Gasteiger partial charge in [0.2, 0.25) is 0 Å². The number of rotatable bonds is 2. The van der Waals surface area contributed by atoms with Crippen molar-refractivity contribution < 1.29 is 4.39 Å². The second-order valence-electron chi connectivity index (χ2n) is 4.37. The number of nitrogens with zero attached hydrogens (tertiary/aromatic N) is 1. The first-order chi connectivity index (χ1) is 7.65. The summed E-state index contributed by atoms with van der Waals surface area (Å²) < 4.78 is 13.1. The average Bonchev–Trinajstić information content (AvgIpc) is 2.24. The highest BCUT2D eigenvalue weighted by atomic mass is 35.5. The average molecular weight is 243 g/mol. The molecule has 88 valence electrons. The molecule has 1 fully saturated rings. The van der Waals surface area contributed by atoms with Crippen LogP contribution < -0.4 is 5.73 Å². The maximum absolute atomic E-state index is 13.1. The largest absolute Gasteiger partial charge is 0.327 e. The molecular weight excluding hydrogens is 227 g/mol. The number of piperidine rings is 1. The van der Waals surface area contributed by atoms with E-state index in [1.807, 2.05) is 0 Å². The Morgan fingerprint density at radius 1 is 1.50 bits per heavy atom. The van der Waals surface area contributed by atoms with Gasteiger partial charge in [-0.3, -0.25) is 4.90 Å². The minimum Gasteiger partial charge on any atom is -0.327 e. The summed E-state index contributed by atoms with van der Waals surface area (Å²) in [7, 11) is 0. The lowest BCUT2D eigenvalue weighted by Crippen LogP contribution is -2.42. The van der Waals surface area contributed by atoms with E-state index < -0.39 is 0 Å². The van der Waals surface area contributed by atoms with Gasteiger partial charge in [-0.1, -0.05) is 11.6 Å². The van der Waals surface area contributed by atoms with Crippen molar-refractivity contribution in [2.24, 2.45) is 5.73 Å². The number of hydrogen-bond donors (Lipinski definition) is 1. The molecule has 16 heavy (non-hydrogen) atoms. The molecule has 4 heteroatoms. The van der Waals surface area contributed by atoms with E-state index in [1.54, 1.807) is 6.07 Å². The fourth-order valence-electron chi connectivity index (χ4n) is 2.14. The van der Waals surface area contributed by atoms with Crippen LogP contribution in [0.25, 0.3) is 0 Å². The summed E-state index contributed by atoms with van der Waals surface area (Å²) in [4.78, 5) is 2.23. The Morgan fingerprint density at radius 3 is 3.06 bits per heavy atom. The molecule has 1 atom stereocenters. The first-order valence-corrected chi connectivity index (χ1v) is 5.95. The molecule has 1 saturated heterocycles. The van der Waals surface area contributed by atoms with Crippen molar-refractivity contribution in [3.63, 3.8) is 0 Å². The minimum absolute atomic E-state index is 0.235. The number of likely N-dealkylation sites (tertiary alicyclic amines) is 1. The van der Waals surface area contributed by atoms with Crippen LogP contribution in [-0.4, -0.2) is 24.0 Å². The van der Waals surface area contributed by atoms with E-state index in [4.69, 9.17) is 17.3 Å². The molecule has 0 radical (unpaired) electrons. The lowest BCUT2D eigenvalue weighted by molar-refractivity contribution is 0.201. The minimum atomic E-state index is -0.235. The van der Waals surface area contributed by atoms with Crippen LogP contribution in [0.1, 0.15) is 18.4 Å². The summed E-state index contributed by atoms with van der Waals surface area (Å²) in [6, 6.07) is 4.73. The Hall–Kier alpha value is -0.640. The van der Waals surface area contributed by atoms with Crippen molar-refractivity contribution in [2.75, 3.05) is 13.1 Å². The number of halogens is 2. The van der Waals surface area contributed by atoms with Crippen LogP contribution in [-0.2, 0) is 6.54 Å². The molecular formula is C12H16ClFN2. The molecule has 0 saturated carbocycles. The Labute approximate surface area is 100 Å². The predicted molar refractivity (Wildman–Crippen MR) is 63.9 cm³/mol. The number of hydrogen-bond acceptors (Lipinski definition) is 2. The van der Waals surface area contributed by atoms with E-state index in [9.17, 15) is 4.39 Å². The topological polar surface area (TPSA) is 29.3 Å². The Bertz CT molecular complexity index is 370. The Morgan fingerprint density at radius 2 is 2.31 bits per heavy atom. The van der Waals surface area contributed by atoms with Crippen LogP contribution >= 0.6 is 11.6 Å². The van der Waals surface area contributed by atoms with Crippen molar-refractivity contribution in [3.05, 3.63) is 34.6 Å². The van der Waals surface area contributed by atoms with Gasteiger partial charge in [0.05, 0.1) is 0 Å². The highest BCUT2D eigenvalue weighted by Gasteiger charge is 2.17. The van der Waals surface area contributed by atoms with Gasteiger partial charge in [-0.25, -0.2) is 4.39 Å². The number of benzene rings is 1. The van der Waals surface area contributed by atoms with Gasteiger partial charge in [0, 0.05) is 24.2 Å². The lowest BCUT2D eigenvalue weighted by atomic mass is 10.1. The molecule has 0 aliphatic carbocycles. The van der Waals surface area contributed by atoms with E-state index in [1.165, 1.54) is 12.1 Å². The summed E-state index contributed by atoms with van der Waals surface area (Å²) in [5.74, 6) is -0.235. The molecule has 1 aromatic carbocycles. The fourth-order valence-corrected chi connectivity index (χ4v) is 2.32. The van der Waals surface area contributed by atoms with Crippen LogP contribution in [0.15, 0.2) is 18.2 Å². The van der Waals surface area contributed by atoms with Gasteiger partial charge < -0.3 is 5.73 Å². The fraction of sp³-hybridized carbons (Fsp3) is 0.500. The summed E-state index contributed by atoms with van der Waals surface area (Å²) in [5.41, 5.74) is 6.74. The van der Waals surface area contributed by atoms with Gasteiger partial charge in [0.1, 0.15) is 5.82 Å². The third-order valence-corrected chi connectivity index (χ3v) is 3.31. The SMILES string of the molecule is N[C@H]1CCCN(Cc2cc(F)ccc2Cl)C1. The van der Waals surface area contributed by atoms with Gasteiger partial charge in [0.25, 0.3) is 0 Å². The molecule has 1 heterocycles. The smallest absolute Gasteiger partial charge is 0.123 e. The molecule has 2 N–H and O–H groups in total. The van der Waals surface area contributed by atoms with Gasteiger partial charge in [0.15, 0.2) is 0 Å². The summed E-state index contributed by atoms with van der Waals surface area (Å²) in [6.07, 6.45) is 2.18. The second-order valence-corrected chi connectivity index (χ2v) is 4.78. The van der Waals surface area contributed by atoms with Crippen LogP contribution in [0.4, 0.5) is 4.39 Å². The van der Waals surface area contributed by atoms with E-state index >= 15 is 0 Å². The molecule has 0 spiro atoms. The zero-order valence-corrected chi connectivity index (χ0v) is 9.88. The molecule has 0 unspecified atom stereocenters. The standard InChI is InChI=1S/C12H16ClFN2/c13-12-4-3-10(14)6-9(12)7-16-5-1-2-11(15)8-16/h3-4,6,11H,1-2,5,7-8,15H2/t11-/m0/s1. The van der Waals surface area contributed by atoms with Gasteiger partial charge in [-0.05, 0) is 43.1 Å². The quantitative estimate of drug-likeness (QED) is 0.863. The third-order valence-electron chi connectivity index (χ3n) is 2.94. The first-order valence-electron chi connectivity index (χ1n) is 5.57. The molecule has 1 aliphatic rings. The first kappa shape index (κ1) is 11.8. The van der Waals surface area contributed by atoms with Crippen LogP contribution in [0.3, 0.4) is 0 Å². The van der Waals surface area contributed by atoms with Gasteiger partial charge >= 0.3 is 0 Å². The monoisotopic (exact) mass is 242 g/mol. The predicted octanol–water partition coefficient (Wildman–Crippen LogP) is 2.40. The highest BCUT2D eigenvalue weighted by molar-refractivity contribution is 6.31. The Balaban J connectivity index is 2.05. The van der Waals surface area contributed by atoms with Crippen LogP contribution in [0.5, 0.6) is 0 Å². The normalized spacial score (nSPS) is 22.3. The summed E-state index contributed by atoms with van der Waals surface area (Å²) in [6.45, 7) is 2.57. The zero-order valence-electron chi connectivity index (χ0n) is 9.13. The maximum atomic E-state index is 13.1. The second kappa shape index (κ2) is 5.13. The molecule has 0 aromatic heterocycles. The van der Waals surface area contributed by atoms with E-state index in [0.717, 1.165) is 31.5 Å². The molecule has 2 nitrogen and oxygen atoms in total. The molecule has 1 aliphatic heterocycles. The van der Waals surface area contributed by atoms with Crippen LogP contribution in [0, 0.1) is 5.82 Å². The van der Waals surface area contributed by atoms with Crippen LogP contribution in [0.2, 0.25) is 5.02 Å².